The summed E-state index contributed by atoms with van der Waals surface area (Å²) >= 11 is 11.9. The maximum absolute atomic E-state index is 11.3. The number of carbonyl (C=O) groups is 1. The van der Waals surface area contributed by atoms with Gasteiger partial charge in [0.1, 0.15) is 10.8 Å². The van der Waals surface area contributed by atoms with Crippen LogP contribution in [0.5, 0.6) is 0 Å². The third-order valence-electron chi connectivity index (χ3n) is 2.54. The Morgan fingerprint density at radius 2 is 2.25 bits per heavy atom. The molecule has 86 valence electrons. The molecule has 0 aliphatic heterocycles. The Hall–Kier alpha value is -0.800. The Morgan fingerprint density at radius 1 is 1.56 bits per heavy atom. The average molecular weight is 259 g/mol. The number of hydrogen-bond donors (Lipinski definition) is 1. The van der Waals surface area contributed by atoms with E-state index in [2.05, 4.69) is 10.3 Å². The van der Waals surface area contributed by atoms with Crippen LogP contribution >= 0.6 is 23.2 Å². The number of anilines is 1. The SMILES string of the molecule is CC(=O)c1nc(Cl)cc(NCC2CC2)c1Cl. The lowest BCUT2D eigenvalue weighted by atomic mass is 10.2. The van der Waals surface area contributed by atoms with Crippen molar-refractivity contribution in [2.24, 2.45) is 5.92 Å². The van der Waals surface area contributed by atoms with Crippen molar-refractivity contribution in [3.63, 3.8) is 0 Å². The lowest BCUT2D eigenvalue weighted by Crippen LogP contribution is -2.07. The highest BCUT2D eigenvalue weighted by molar-refractivity contribution is 6.37. The topological polar surface area (TPSA) is 42.0 Å². The van der Waals surface area contributed by atoms with E-state index in [-0.39, 0.29) is 16.6 Å². The number of rotatable bonds is 4. The first-order valence-electron chi connectivity index (χ1n) is 5.18. The maximum Gasteiger partial charge on any atom is 0.179 e. The van der Waals surface area contributed by atoms with E-state index in [9.17, 15) is 4.79 Å². The molecule has 16 heavy (non-hydrogen) atoms. The standard InChI is InChI=1S/C11H12Cl2N2O/c1-6(16)11-10(13)8(4-9(12)15-11)14-5-7-2-3-7/h4,7H,2-3,5H2,1H3,(H,14,15). The molecule has 1 aromatic rings. The molecule has 1 aliphatic carbocycles. The van der Waals surface area contributed by atoms with Crippen molar-refractivity contribution in [2.45, 2.75) is 19.8 Å². The third kappa shape index (κ3) is 2.66. The zero-order valence-corrected chi connectivity index (χ0v) is 10.4. The molecule has 1 heterocycles. The minimum Gasteiger partial charge on any atom is -0.383 e. The van der Waals surface area contributed by atoms with Gasteiger partial charge in [-0.15, -0.1) is 0 Å². The van der Waals surface area contributed by atoms with Crippen LogP contribution in [-0.2, 0) is 0 Å². The van der Waals surface area contributed by atoms with E-state index >= 15 is 0 Å². The predicted molar refractivity (Wildman–Crippen MR) is 65.5 cm³/mol. The molecule has 0 radical (unpaired) electrons. The van der Waals surface area contributed by atoms with E-state index in [1.807, 2.05) is 0 Å². The van der Waals surface area contributed by atoms with Crippen LogP contribution in [0.1, 0.15) is 30.3 Å². The Bertz CT molecular complexity index is 430. The summed E-state index contributed by atoms with van der Waals surface area (Å²) in [5, 5.41) is 3.85. The quantitative estimate of drug-likeness (QED) is 0.665. The Kier molecular flexibility index (Phi) is 3.36. The van der Waals surface area contributed by atoms with Crippen LogP contribution < -0.4 is 5.32 Å². The van der Waals surface area contributed by atoms with E-state index in [0.29, 0.717) is 10.7 Å². The molecule has 0 aromatic carbocycles. The molecule has 5 heteroatoms. The van der Waals surface area contributed by atoms with E-state index < -0.39 is 0 Å². The highest BCUT2D eigenvalue weighted by Gasteiger charge is 2.22. The van der Waals surface area contributed by atoms with Gasteiger partial charge in [0.2, 0.25) is 0 Å². The fourth-order valence-corrected chi connectivity index (χ4v) is 1.93. The van der Waals surface area contributed by atoms with Crippen LogP contribution in [0.15, 0.2) is 6.07 Å². The first kappa shape index (κ1) is 11.7. The van der Waals surface area contributed by atoms with E-state index in [1.54, 1.807) is 6.07 Å². The van der Waals surface area contributed by atoms with E-state index in [1.165, 1.54) is 19.8 Å². The highest BCUT2D eigenvalue weighted by atomic mass is 35.5. The molecule has 1 fully saturated rings. The fraction of sp³-hybridized carbons (Fsp3) is 0.455. The number of ketones is 1. The molecule has 0 spiro atoms. The third-order valence-corrected chi connectivity index (χ3v) is 3.11. The number of pyridine rings is 1. The van der Waals surface area contributed by atoms with Crippen molar-refractivity contribution < 1.29 is 4.79 Å². The van der Waals surface area contributed by atoms with Crippen molar-refractivity contribution in [3.05, 3.63) is 21.9 Å². The maximum atomic E-state index is 11.3. The van der Waals surface area contributed by atoms with Crippen LogP contribution in [-0.4, -0.2) is 17.3 Å². The monoisotopic (exact) mass is 258 g/mol. The summed E-state index contributed by atoms with van der Waals surface area (Å²) in [4.78, 5) is 15.2. The Morgan fingerprint density at radius 3 is 2.81 bits per heavy atom. The molecule has 0 amide bonds. The molecule has 1 saturated carbocycles. The molecule has 2 rings (SSSR count). The summed E-state index contributed by atoms with van der Waals surface area (Å²) in [6.07, 6.45) is 2.51. The summed E-state index contributed by atoms with van der Waals surface area (Å²) in [7, 11) is 0. The van der Waals surface area contributed by atoms with Gasteiger partial charge in [-0.1, -0.05) is 23.2 Å². The predicted octanol–water partition coefficient (Wildman–Crippen LogP) is 3.41. The van der Waals surface area contributed by atoms with Gasteiger partial charge < -0.3 is 5.32 Å². The van der Waals surface area contributed by atoms with E-state index in [0.717, 1.165) is 12.5 Å². The van der Waals surface area contributed by atoms with Gasteiger partial charge in [-0.25, -0.2) is 4.98 Å². The van der Waals surface area contributed by atoms with Gasteiger partial charge in [0.25, 0.3) is 0 Å². The molecule has 1 aromatic heterocycles. The van der Waals surface area contributed by atoms with E-state index in [4.69, 9.17) is 23.2 Å². The normalized spacial score (nSPS) is 14.9. The summed E-state index contributed by atoms with van der Waals surface area (Å²) < 4.78 is 0. The number of nitrogens with zero attached hydrogens (tertiary/aromatic N) is 1. The molecule has 0 unspecified atom stereocenters. The van der Waals surface area contributed by atoms with Crippen molar-refractivity contribution in [3.8, 4) is 0 Å². The van der Waals surface area contributed by atoms with Crippen LogP contribution in [0.2, 0.25) is 10.2 Å². The van der Waals surface area contributed by atoms with Crippen LogP contribution in [0.25, 0.3) is 0 Å². The largest absolute Gasteiger partial charge is 0.383 e. The number of halogens is 2. The molecular weight excluding hydrogens is 247 g/mol. The first-order chi connectivity index (χ1) is 7.58. The summed E-state index contributed by atoms with van der Waals surface area (Å²) in [6.45, 7) is 2.30. The first-order valence-corrected chi connectivity index (χ1v) is 5.94. The van der Waals surface area contributed by atoms with Crippen LogP contribution in [0, 0.1) is 5.92 Å². The average Bonchev–Trinajstić information content (AvgIpc) is 3.02. The zero-order valence-electron chi connectivity index (χ0n) is 8.89. The summed E-state index contributed by atoms with van der Waals surface area (Å²) in [5.74, 6) is 0.547. The minimum atomic E-state index is -0.179. The minimum absolute atomic E-state index is 0.179. The number of Topliss-reactive ketones (excluding diaryl/α,β-unsaturated/α-hetero) is 1. The number of hydrogen-bond acceptors (Lipinski definition) is 3. The van der Waals surface area contributed by atoms with Gasteiger partial charge >= 0.3 is 0 Å². The Balaban J connectivity index is 2.24. The van der Waals surface area contributed by atoms with Gasteiger partial charge in [-0.05, 0) is 18.8 Å². The molecule has 0 atom stereocenters. The summed E-state index contributed by atoms with van der Waals surface area (Å²) in [5.41, 5.74) is 0.922. The van der Waals surface area contributed by atoms with Crippen molar-refractivity contribution in [2.75, 3.05) is 11.9 Å². The second-order valence-electron chi connectivity index (χ2n) is 4.04. The van der Waals surface area contributed by atoms with Crippen LogP contribution in [0.4, 0.5) is 5.69 Å². The van der Waals surface area contributed by atoms with Crippen molar-refractivity contribution >= 4 is 34.7 Å². The van der Waals surface area contributed by atoms with Crippen LogP contribution in [0.3, 0.4) is 0 Å². The number of carbonyl (C=O) groups excluding carboxylic acids is 1. The van der Waals surface area contributed by atoms with Gasteiger partial charge in [0.15, 0.2) is 5.78 Å². The van der Waals surface area contributed by atoms with Gasteiger partial charge in [0, 0.05) is 19.5 Å². The second kappa shape index (κ2) is 4.60. The second-order valence-corrected chi connectivity index (χ2v) is 4.80. The molecule has 0 saturated heterocycles. The van der Waals surface area contributed by atoms with Gasteiger partial charge in [-0.3, -0.25) is 4.79 Å². The molecule has 3 nitrogen and oxygen atoms in total. The number of nitrogens with one attached hydrogen (secondary N) is 1. The van der Waals surface area contributed by atoms with Crippen molar-refractivity contribution in [1.29, 1.82) is 0 Å². The molecule has 1 N–H and O–H groups in total. The van der Waals surface area contributed by atoms with Crippen molar-refractivity contribution in [1.82, 2.24) is 4.98 Å². The number of aromatic nitrogens is 1. The zero-order chi connectivity index (χ0) is 11.7. The lowest BCUT2D eigenvalue weighted by Gasteiger charge is -2.10. The van der Waals surface area contributed by atoms with Gasteiger partial charge in [-0.2, -0.15) is 0 Å². The highest BCUT2D eigenvalue weighted by Crippen LogP contribution is 2.32. The molecule has 1 aliphatic rings. The molecular formula is C11H12Cl2N2O. The Labute approximate surface area is 104 Å². The molecule has 0 bridgehead atoms. The van der Waals surface area contributed by atoms with Gasteiger partial charge in [0.05, 0.1) is 10.7 Å². The lowest BCUT2D eigenvalue weighted by molar-refractivity contribution is 0.101. The summed E-state index contributed by atoms with van der Waals surface area (Å²) in [6, 6.07) is 1.65. The smallest absolute Gasteiger partial charge is 0.179 e. The fourth-order valence-electron chi connectivity index (χ4n) is 1.44.